The molecule has 0 aliphatic rings. The number of aryl methyl sites for hydroxylation is 1. The van der Waals surface area contributed by atoms with E-state index in [9.17, 15) is 4.79 Å². The van der Waals surface area contributed by atoms with Gasteiger partial charge in [0.25, 0.3) is 0 Å². The third-order valence-corrected chi connectivity index (χ3v) is 3.94. The number of amidine groups is 1. The van der Waals surface area contributed by atoms with Crippen LogP contribution in [0.4, 0.5) is 5.69 Å². The Hall–Kier alpha value is -2.04. The predicted molar refractivity (Wildman–Crippen MR) is 81.0 cm³/mol. The minimum atomic E-state index is -0.964. The minimum absolute atomic E-state index is 0.0357. The van der Waals surface area contributed by atoms with Crippen molar-refractivity contribution in [3.05, 3.63) is 29.8 Å². The summed E-state index contributed by atoms with van der Waals surface area (Å²) in [6, 6.07) is 7.66. The maximum absolute atomic E-state index is 12.8. The van der Waals surface area contributed by atoms with Crippen molar-refractivity contribution in [2.45, 2.75) is 33.6 Å². The van der Waals surface area contributed by atoms with Gasteiger partial charge in [-0.1, -0.05) is 36.7 Å². The highest BCUT2D eigenvalue weighted by Gasteiger charge is 2.42. The van der Waals surface area contributed by atoms with Crippen molar-refractivity contribution in [3.63, 3.8) is 0 Å². The molecule has 0 bridgehead atoms. The van der Waals surface area contributed by atoms with Crippen molar-refractivity contribution >= 4 is 17.4 Å². The molecule has 0 unspecified atom stereocenters. The van der Waals surface area contributed by atoms with Gasteiger partial charge in [-0.05, 0) is 31.9 Å². The zero-order valence-electron chi connectivity index (χ0n) is 12.6. The molecule has 0 atom stereocenters. The third-order valence-electron chi connectivity index (χ3n) is 3.94. The fraction of sp³-hybridized carbons (Fsp3) is 0.467. The van der Waals surface area contributed by atoms with Crippen molar-refractivity contribution in [2.24, 2.45) is 16.3 Å². The SMILES string of the molecule is CCC(CC)(C(=O)N(C)c1ccc(C)cc1)C(N)=NO. The van der Waals surface area contributed by atoms with Gasteiger partial charge in [-0.2, -0.15) is 0 Å². The molecular weight excluding hydrogens is 254 g/mol. The summed E-state index contributed by atoms with van der Waals surface area (Å²) < 4.78 is 0. The minimum Gasteiger partial charge on any atom is -0.409 e. The van der Waals surface area contributed by atoms with Crippen LogP contribution in [0.15, 0.2) is 29.4 Å². The summed E-state index contributed by atoms with van der Waals surface area (Å²) in [6.07, 6.45) is 0.961. The van der Waals surface area contributed by atoms with Crippen LogP contribution in [-0.2, 0) is 4.79 Å². The molecule has 1 rings (SSSR count). The van der Waals surface area contributed by atoms with Crippen LogP contribution in [0.2, 0.25) is 0 Å². The molecule has 0 fully saturated rings. The number of amides is 1. The lowest BCUT2D eigenvalue weighted by molar-refractivity contribution is -0.125. The number of rotatable bonds is 5. The molecule has 0 saturated carbocycles. The largest absolute Gasteiger partial charge is 0.409 e. The fourth-order valence-corrected chi connectivity index (χ4v) is 2.33. The summed E-state index contributed by atoms with van der Waals surface area (Å²) >= 11 is 0. The van der Waals surface area contributed by atoms with Crippen LogP contribution in [0.1, 0.15) is 32.3 Å². The van der Waals surface area contributed by atoms with Crippen LogP contribution >= 0.6 is 0 Å². The third kappa shape index (κ3) is 2.76. The monoisotopic (exact) mass is 277 g/mol. The average molecular weight is 277 g/mol. The van der Waals surface area contributed by atoms with Gasteiger partial charge in [0.2, 0.25) is 5.91 Å². The van der Waals surface area contributed by atoms with E-state index in [0.717, 1.165) is 11.3 Å². The molecule has 0 heterocycles. The molecule has 1 aromatic carbocycles. The van der Waals surface area contributed by atoms with Gasteiger partial charge in [0.1, 0.15) is 5.41 Å². The number of carbonyl (C=O) groups excluding carboxylic acids is 1. The summed E-state index contributed by atoms with van der Waals surface area (Å²) in [6.45, 7) is 5.72. The van der Waals surface area contributed by atoms with Crippen LogP contribution in [-0.4, -0.2) is 24.0 Å². The predicted octanol–water partition coefficient (Wildman–Crippen LogP) is 2.51. The maximum atomic E-state index is 12.8. The summed E-state index contributed by atoms with van der Waals surface area (Å²) in [7, 11) is 1.71. The smallest absolute Gasteiger partial charge is 0.240 e. The Kier molecular flexibility index (Phi) is 5.13. The first-order chi connectivity index (χ1) is 9.42. The molecule has 1 aromatic rings. The Bertz CT molecular complexity index is 490. The zero-order valence-corrected chi connectivity index (χ0v) is 12.6. The van der Waals surface area contributed by atoms with Gasteiger partial charge in [-0.3, -0.25) is 4.79 Å². The lowest BCUT2D eigenvalue weighted by Gasteiger charge is -2.33. The molecule has 3 N–H and O–H groups in total. The van der Waals surface area contributed by atoms with E-state index in [0.29, 0.717) is 12.8 Å². The van der Waals surface area contributed by atoms with Gasteiger partial charge in [0.05, 0.1) is 0 Å². The topological polar surface area (TPSA) is 78.9 Å². The van der Waals surface area contributed by atoms with Crippen LogP contribution in [0, 0.1) is 12.3 Å². The molecule has 0 aliphatic carbocycles. The summed E-state index contributed by atoms with van der Waals surface area (Å²) in [4.78, 5) is 14.3. The van der Waals surface area contributed by atoms with Crippen molar-refractivity contribution < 1.29 is 10.0 Å². The number of benzene rings is 1. The van der Waals surface area contributed by atoms with Crippen molar-refractivity contribution in [1.29, 1.82) is 0 Å². The average Bonchev–Trinajstić information content (AvgIpc) is 2.48. The Balaban J connectivity index is 3.16. The first-order valence-electron chi connectivity index (χ1n) is 6.75. The lowest BCUT2D eigenvalue weighted by atomic mass is 9.79. The number of nitrogens with zero attached hydrogens (tertiary/aromatic N) is 2. The quantitative estimate of drug-likeness (QED) is 0.375. The Labute approximate surface area is 120 Å². The number of carbonyl (C=O) groups is 1. The van der Waals surface area contributed by atoms with Gasteiger partial charge in [-0.15, -0.1) is 0 Å². The van der Waals surface area contributed by atoms with E-state index < -0.39 is 5.41 Å². The summed E-state index contributed by atoms with van der Waals surface area (Å²) in [5.41, 5.74) is 6.72. The second-order valence-corrected chi connectivity index (χ2v) is 4.97. The Morgan fingerprint density at radius 2 is 1.80 bits per heavy atom. The zero-order chi connectivity index (χ0) is 15.3. The van der Waals surface area contributed by atoms with Gasteiger partial charge >= 0.3 is 0 Å². The molecule has 0 aliphatic heterocycles. The fourth-order valence-electron chi connectivity index (χ4n) is 2.33. The Morgan fingerprint density at radius 3 is 2.20 bits per heavy atom. The second-order valence-electron chi connectivity index (χ2n) is 4.97. The van der Waals surface area contributed by atoms with E-state index in [-0.39, 0.29) is 11.7 Å². The van der Waals surface area contributed by atoms with Crippen LogP contribution in [0.25, 0.3) is 0 Å². The number of nitrogens with two attached hydrogens (primary N) is 1. The second kappa shape index (κ2) is 6.41. The van der Waals surface area contributed by atoms with E-state index >= 15 is 0 Å². The molecule has 1 amide bonds. The van der Waals surface area contributed by atoms with E-state index in [1.807, 2.05) is 45.0 Å². The van der Waals surface area contributed by atoms with Crippen molar-refractivity contribution in [2.75, 3.05) is 11.9 Å². The van der Waals surface area contributed by atoms with Crippen LogP contribution < -0.4 is 10.6 Å². The maximum Gasteiger partial charge on any atom is 0.240 e. The standard InChI is InChI=1S/C15H23N3O2/c1-5-15(6-2,13(16)17-20)14(19)18(4)12-9-7-11(3)8-10-12/h7-10,20H,5-6H2,1-4H3,(H2,16,17). The van der Waals surface area contributed by atoms with Gasteiger partial charge < -0.3 is 15.8 Å². The molecule has 5 nitrogen and oxygen atoms in total. The molecular formula is C15H23N3O2. The Morgan fingerprint density at radius 1 is 1.30 bits per heavy atom. The highest BCUT2D eigenvalue weighted by molar-refractivity contribution is 6.12. The van der Waals surface area contributed by atoms with Crippen molar-refractivity contribution in [3.8, 4) is 0 Å². The molecule has 20 heavy (non-hydrogen) atoms. The summed E-state index contributed by atoms with van der Waals surface area (Å²) in [5.74, 6) is -0.201. The number of hydrogen-bond acceptors (Lipinski definition) is 3. The van der Waals surface area contributed by atoms with Crippen molar-refractivity contribution in [1.82, 2.24) is 0 Å². The number of hydrogen-bond donors (Lipinski definition) is 2. The van der Waals surface area contributed by atoms with Gasteiger partial charge in [0.15, 0.2) is 5.84 Å². The first-order valence-corrected chi connectivity index (χ1v) is 6.75. The van der Waals surface area contributed by atoms with E-state index in [4.69, 9.17) is 10.9 Å². The van der Waals surface area contributed by atoms with E-state index in [2.05, 4.69) is 5.16 Å². The highest BCUT2D eigenvalue weighted by atomic mass is 16.4. The van der Waals surface area contributed by atoms with E-state index in [1.54, 1.807) is 11.9 Å². The molecule has 110 valence electrons. The molecule has 5 heteroatoms. The highest BCUT2D eigenvalue weighted by Crippen LogP contribution is 2.31. The van der Waals surface area contributed by atoms with Gasteiger partial charge in [-0.25, -0.2) is 0 Å². The van der Waals surface area contributed by atoms with Crippen LogP contribution in [0.5, 0.6) is 0 Å². The summed E-state index contributed by atoms with van der Waals surface area (Å²) in [5, 5.41) is 12.0. The normalized spacial score (nSPS) is 12.3. The first kappa shape index (κ1) is 16.0. The lowest BCUT2D eigenvalue weighted by Crippen LogP contribution is -2.50. The van der Waals surface area contributed by atoms with Crippen LogP contribution in [0.3, 0.4) is 0 Å². The molecule has 0 saturated heterocycles. The molecule has 0 spiro atoms. The number of anilines is 1. The number of oxime groups is 1. The molecule has 0 aromatic heterocycles. The van der Waals surface area contributed by atoms with E-state index in [1.165, 1.54) is 0 Å². The molecule has 0 radical (unpaired) electrons. The van der Waals surface area contributed by atoms with Gasteiger partial charge in [0, 0.05) is 12.7 Å².